The lowest BCUT2D eigenvalue weighted by molar-refractivity contribution is -0.142. The molecule has 0 aromatic heterocycles. The number of carbonyl (C=O) groups excluding carboxylic acids is 3. The van der Waals surface area contributed by atoms with Crippen molar-refractivity contribution in [3.8, 4) is 0 Å². The fourth-order valence-electron chi connectivity index (χ4n) is 7.48. The standard InChI is InChI=1S/C51H55N3O5S/c1-36(2)31-46(48(56)58-6)54(47(55)37-21-11-7-12-22-37)43-32-38-23-19-20-30-44(38)45(33-43)52-34-42(53-49(57)59-50(3,4)5)35-60-51(39-24-13-8-14-25-39,40-26-15-9-16-27-40)41-28-17-10-18-29-41/h7-30,32-33,36,42,46,52H,31,34-35H2,1-6H3,(H,53,57)/t42-,46+/m1/s1. The predicted molar refractivity (Wildman–Crippen MR) is 246 cm³/mol. The third-order valence-corrected chi connectivity index (χ3v) is 11.9. The van der Waals surface area contributed by atoms with Crippen LogP contribution in [0.2, 0.25) is 0 Å². The van der Waals surface area contributed by atoms with Crippen LogP contribution in [0, 0.1) is 5.92 Å². The van der Waals surface area contributed by atoms with E-state index in [-0.39, 0.29) is 11.8 Å². The molecule has 0 heterocycles. The largest absolute Gasteiger partial charge is 0.467 e. The van der Waals surface area contributed by atoms with Gasteiger partial charge in [0.05, 0.1) is 17.9 Å². The smallest absolute Gasteiger partial charge is 0.407 e. The molecule has 310 valence electrons. The van der Waals surface area contributed by atoms with Crippen LogP contribution >= 0.6 is 11.8 Å². The molecular weight excluding hydrogens is 767 g/mol. The third kappa shape index (κ3) is 10.6. The molecular formula is C51H55N3O5S. The van der Waals surface area contributed by atoms with Crippen LogP contribution in [0.1, 0.15) is 68.1 Å². The zero-order valence-electron chi connectivity index (χ0n) is 35.3. The number of carbonyl (C=O) groups is 3. The van der Waals surface area contributed by atoms with Gasteiger partial charge in [-0.3, -0.25) is 9.69 Å². The van der Waals surface area contributed by atoms with Crippen LogP contribution < -0.4 is 15.5 Å². The minimum absolute atomic E-state index is 0.0881. The fourth-order valence-corrected chi connectivity index (χ4v) is 9.04. The summed E-state index contributed by atoms with van der Waals surface area (Å²) in [6.07, 6.45) is -0.126. The SMILES string of the molecule is COC(=O)[C@H](CC(C)C)N(C(=O)c1ccccc1)c1cc(NC[C@H](CSC(c2ccccc2)(c2ccccc2)c2ccccc2)NC(=O)OC(C)(C)C)c2ccccc2c1. The number of fused-ring (bicyclic) bond motifs is 1. The molecule has 0 fully saturated rings. The first kappa shape index (κ1) is 43.5. The van der Waals surface area contributed by atoms with Gasteiger partial charge in [-0.05, 0) is 79.5 Å². The van der Waals surface area contributed by atoms with E-state index in [1.807, 2.05) is 107 Å². The van der Waals surface area contributed by atoms with E-state index in [2.05, 4.69) is 83.4 Å². The van der Waals surface area contributed by atoms with E-state index >= 15 is 0 Å². The molecule has 0 unspecified atom stereocenters. The molecule has 2 amide bonds. The lowest BCUT2D eigenvalue weighted by Crippen LogP contribution is -2.47. The van der Waals surface area contributed by atoms with Crippen molar-refractivity contribution >= 4 is 51.9 Å². The lowest BCUT2D eigenvalue weighted by Gasteiger charge is -2.37. The van der Waals surface area contributed by atoms with Crippen molar-refractivity contribution in [1.82, 2.24) is 5.32 Å². The van der Waals surface area contributed by atoms with Crippen LogP contribution in [-0.2, 0) is 19.0 Å². The van der Waals surface area contributed by atoms with Gasteiger partial charge in [0, 0.05) is 34.6 Å². The van der Waals surface area contributed by atoms with E-state index in [0.717, 1.165) is 33.2 Å². The van der Waals surface area contributed by atoms with Gasteiger partial charge in [0.1, 0.15) is 11.6 Å². The molecule has 9 heteroatoms. The molecule has 0 bridgehead atoms. The van der Waals surface area contributed by atoms with Crippen LogP contribution in [0.3, 0.4) is 0 Å². The Kier molecular flexibility index (Phi) is 14.4. The molecule has 0 aliphatic heterocycles. The van der Waals surface area contributed by atoms with E-state index in [1.54, 1.807) is 28.8 Å². The molecule has 2 atom stereocenters. The van der Waals surface area contributed by atoms with E-state index in [1.165, 1.54) is 7.11 Å². The number of benzene rings is 6. The summed E-state index contributed by atoms with van der Waals surface area (Å²) in [4.78, 5) is 43.2. The normalized spacial score (nSPS) is 12.7. The summed E-state index contributed by atoms with van der Waals surface area (Å²) in [7, 11) is 1.35. The molecule has 2 N–H and O–H groups in total. The maximum Gasteiger partial charge on any atom is 0.407 e. The fraction of sp³-hybridized carbons (Fsp3) is 0.275. The van der Waals surface area contributed by atoms with Gasteiger partial charge >= 0.3 is 12.1 Å². The molecule has 6 aromatic carbocycles. The lowest BCUT2D eigenvalue weighted by atomic mass is 9.84. The van der Waals surface area contributed by atoms with Crippen molar-refractivity contribution < 1.29 is 23.9 Å². The van der Waals surface area contributed by atoms with Crippen molar-refractivity contribution in [1.29, 1.82) is 0 Å². The molecule has 8 nitrogen and oxygen atoms in total. The summed E-state index contributed by atoms with van der Waals surface area (Å²) in [6.45, 7) is 9.90. The van der Waals surface area contributed by atoms with Gasteiger partial charge in [0.15, 0.2) is 0 Å². The second kappa shape index (κ2) is 19.8. The number of esters is 1. The van der Waals surface area contributed by atoms with Gasteiger partial charge in [-0.2, -0.15) is 0 Å². The molecule has 0 aliphatic rings. The van der Waals surface area contributed by atoms with Crippen LogP contribution in [0.25, 0.3) is 10.8 Å². The highest BCUT2D eigenvalue weighted by Crippen LogP contribution is 2.48. The van der Waals surface area contributed by atoms with Crippen LogP contribution in [0.15, 0.2) is 158 Å². The third-order valence-electron chi connectivity index (χ3n) is 10.1. The molecule has 6 rings (SSSR count). The Morgan fingerprint density at radius 2 is 1.22 bits per heavy atom. The van der Waals surface area contributed by atoms with Crippen molar-refractivity contribution in [3.05, 3.63) is 180 Å². The number of thioether (sulfide) groups is 1. The number of nitrogens with zero attached hydrogens (tertiary/aromatic N) is 1. The maximum atomic E-state index is 14.5. The summed E-state index contributed by atoms with van der Waals surface area (Å²) in [6, 6.07) is 50.8. The Labute approximate surface area is 358 Å². The Balaban J connectivity index is 1.42. The molecule has 60 heavy (non-hydrogen) atoms. The number of hydrogen-bond acceptors (Lipinski definition) is 7. The number of alkyl carbamates (subject to hydrolysis) is 1. The van der Waals surface area contributed by atoms with Gasteiger partial charge < -0.3 is 20.1 Å². The Bertz CT molecular complexity index is 2240. The summed E-state index contributed by atoms with van der Waals surface area (Å²) in [5.41, 5.74) is 4.37. The highest BCUT2D eigenvalue weighted by atomic mass is 32.2. The summed E-state index contributed by atoms with van der Waals surface area (Å²) in [5, 5.41) is 8.65. The second-order valence-electron chi connectivity index (χ2n) is 16.2. The Morgan fingerprint density at radius 3 is 1.73 bits per heavy atom. The molecule has 0 spiro atoms. The van der Waals surface area contributed by atoms with Gasteiger partial charge in [0.25, 0.3) is 5.91 Å². The predicted octanol–water partition coefficient (Wildman–Crippen LogP) is 11.1. The highest BCUT2D eigenvalue weighted by Gasteiger charge is 2.38. The zero-order chi connectivity index (χ0) is 42.7. The van der Waals surface area contributed by atoms with Crippen molar-refractivity contribution in [2.75, 3.05) is 29.6 Å². The minimum atomic E-state index is -0.878. The quantitative estimate of drug-likeness (QED) is 0.0741. The average molecular weight is 822 g/mol. The highest BCUT2D eigenvalue weighted by molar-refractivity contribution is 8.00. The Hall–Kier alpha value is -6.06. The summed E-state index contributed by atoms with van der Waals surface area (Å²) >= 11 is 1.75. The van der Waals surface area contributed by atoms with Gasteiger partial charge in [-0.1, -0.05) is 147 Å². The maximum absolute atomic E-state index is 14.5. The molecule has 0 saturated carbocycles. The van der Waals surface area contributed by atoms with E-state index in [4.69, 9.17) is 9.47 Å². The average Bonchev–Trinajstić information content (AvgIpc) is 3.25. The van der Waals surface area contributed by atoms with Crippen LogP contribution in [-0.4, -0.2) is 55.1 Å². The second-order valence-corrected chi connectivity index (χ2v) is 17.5. The molecule has 0 saturated heterocycles. The number of amides is 2. The molecule has 6 aromatic rings. The first-order chi connectivity index (χ1) is 28.9. The minimum Gasteiger partial charge on any atom is -0.467 e. The topological polar surface area (TPSA) is 97.0 Å². The number of anilines is 2. The number of rotatable bonds is 16. The van der Waals surface area contributed by atoms with Gasteiger partial charge in [-0.25, -0.2) is 9.59 Å². The number of nitrogens with one attached hydrogen (secondary N) is 2. The van der Waals surface area contributed by atoms with Crippen LogP contribution in [0.5, 0.6) is 0 Å². The first-order valence-corrected chi connectivity index (χ1v) is 21.4. The number of hydrogen-bond donors (Lipinski definition) is 2. The Morgan fingerprint density at radius 1 is 0.700 bits per heavy atom. The monoisotopic (exact) mass is 821 g/mol. The van der Waals surface area contributed by atoms with E-state index < -0.39 is 34.5 Å². The summed E-state index contributed by atoms with van der Waals surface area (Å²) in [5.74, 6) is -0.231. The van der Waals surface area contributed by atoms with Crippen molar-refractivity contribution in [2.45, 2.75) is 63.5 Å². The summed E-state index contributed by atoms with van der Waals surface area (Å²) < 4.78 is 10.5. The zero-order valence-corrected chi connectivity index (χ0v) is 36.1. The number of ether oxygens (including phenoxy) is 2. The number of methoxy groups -OCH3 is 1. The molecule has 0 radical (unpaired) electrons. The van der Waals surface area contributed by atoms with Crippen molar-refractivity contribution in [2.24, 2.45) is 5.92 Å². The van der Waals surface area contributed by atoms with Gasteiger partial charge in [0.2, 0.25) is 0 Å². The van der Waals surface area contributed by atoms with Crippen LogP contribution in [0.4, 0.5) is 16.2 Å². The van der Waals surface area contributed by atoms with Crippen molar-refractivity contribution in [3.63, 3.8) is 0 Å². The van der Waals surface area contributed by atoms with Gasteiger partial charge in [-0.15, -0.1) is 11.8 Å². The first-order valence-electron chi connectivity index (χ1n) is 20.4. The molecule has 0 aliphatic carbocycles. The van der Waals surface area contributed by atoms with E-state index in [0.29, 0.717) is 30.0 Å². The van der Waals surface area contributed by atoms with E-state index in [9.17, 15) is 14.4 Å².